The summed E-state index contributed by atoms with van der Waals surface area (Å²) in [6.07, 6.45) is 4.36. The second-order valence-electron chi connectivity index (χ2n) is 8.35. The summed E-state index contributed by atoms with van der Waals surface area (Å²) in [6, 6.07) is 0. The third kappa shape index (κ3) is 13.6. The summed E-state index contributed by atoms with van der Waals surface area (Å²) in [7, 11) is 4.74. The molecular formula is C20H40N2O5. The molecule has 0 saturated carbocycles. The molecule has 0 fully saturated rings. The van der Waals surface area contributed by atoms with Gasteiger partial charge in [0.2, 0.25) is 11.8 Å². The first-order chi connectivity index (χ1) is 12.7. The Labute approximate surface area is 164 Å². The van der Waals surface area contributed by atoms with E-state index >= 15 is 0 Å². The first-order valence-corrected chi connectivity index (χ1v) is 9.72. The van der Waals surface area contributed by atoms with Crippen molar-refractivity contribution < 1.29 is 23.8 Å². The zero-order valence-corrected chi connectivity index (χ0v) is 18.1. The molecule has 0 aliphatic rings. The van der Waals surface area contributed by atoms with Gasteiger partial charge in [-0.2, -0.15) is 0 Å². The number of carbonyl (C=O) groups is 2. The fraction of sp³-hybridized carbons (Fsp3) is 0.900. The molecule has 0 bridgehead atoms. The highest BCUT2D eigenvalue weighted by Gasteiger charge is 2.32. The van der Waals surface area contributed by atoms with Gasteiger partial charge in [0.25, 0.3) is 0 Å². The van der Waals surface area contributed by atoms with Crippen molar-refractivity contribution >= 4 is 11.8 Å². The number of hydrogen-bond donors (Lipinski definition) is 2. The standard InChI is InChI=1S/C20H40N2O5/c1-19(2,3)12-9-11-17(23)21-13-8-7-10-18(24)22-20(14-25-4,15-26-5)16-27-6/h7-16H2,1-6H3,(H,21,23)(H,22,24). The lowest BCUT2D eigenvalue weighted by atomic mass is 9.90. The van der Waals surface area contributed by atoms with Gasteiger partial charge in [0, 0.05) is 40.7 Å². The molecule has 0 atom stereocenters. The molecule has 7 nitrogen and oxygen atoms in total. The van der Waals surface area contributed by atoms with Gasteiger partial charge < -0.3 is 24.8 Å². The summed E-state index contributed by atoms with van der Waals surface area (Å²) in [6.45, 7) is 8.06. The van der Waals surface area contributed by atoms with Crippen molar-refractivity contribution in [3.63, 3.8) is 0 Å². The summed E-state index contributed by atoms with van der Waals surface area (Å²) in [5.41, 5.74) is -0.423. The first-order valence-electron chi connectivity index (χ1n) is 9.72. The van der Waals surface area contributed by atoms with Crippen molar-refractivity contribution in [1.29, 1.82) is 0 Å². The van der Waals surface area contributed by atoms with Gasteiger partial charge in [-0.25, -0.2) is 0 Å². The molecule has 0 unspecified atom stereocenters. The number of carbonyl (C=O) groups excluding carboxylic acids is 2. The van der Waals surface area contributed by atoms with Crippen LogP contribution in [0.1, 0.15) is 59.3 Å². The Morgan fingerprint density at radius 2 is 1.30 bits per heavy atom. The van der Waals surface area contributed by atoms with E-state index in [2.05, 4.69) is 31.4 Å². The normalized spacial score (nSPS) is 12.1. The van der Waals surface area contributed by atoms with Crippen molar-refractivity contribution in [2.45, 2.75) is 64.8 Å². The van der Waals surface area contributed by atoms with Gasteiger partial charge in [0.15, 0.2) is 0 Å². The number of methoxy groups -OCH3 is 3. The predicted octanol–water partition coefficient (Wildman–Crippen LogP) is 2.28. The number of hydrogen-bond acceptors (Lipinski definition) is 5. The molecule has 0 heterocycles. The SMILES string of the molecule is COCC(COC)(COC)NC(=O)CCCCNC(=O)CCCC(C)(C)C. The van der Waals surface area contributed by atoms with Crippen LogP contribution in [0.2, 0.25) is 0 Å². The van der Waals surface area contributed by atoms with E-state index in [-0.39, 0.29) is 17.2 Å². The minimum Gasteiger partial charge on any atom is -0.382 e. The Bertz CT molecular complexity index is 404. The molecule has 0 rings (SSSR count). The van der Waals surface area contributed by atoms with Gasteiger partial charge in [0.05, 0.1) is 19.8 Å². The van der Waals surface area contributed by atoms with Crippen molar-refractivity contribution in [3.8, 4) is 0 Å². The topological polar surface area (TPSA) is 85.9 Å². The van der Waals surface area contributed by atoms with Crippen LogP contribution >= 0.6 is 0 Å². The monoisotopic (exact) mass is 388 g/mol. The number of unbranched alkanes of at least 4 members (excludes halogenated alkanes) is 1. The van der Waals surface area contributed by atoms with E-state index in [0.717, 1.165) is 19.3 Å². The smallest absolute Gasteiger partial charge is 0.220 e. The van der Waals surface area contributed by atoms with E-state index in [9.17, 15) is 9.59 Å². The van der Waals surface area contributed by atoms with Gasteiger partial charge in [-0.05, 0) is 31.1 Å². The third-order valence-corrected chi connectivity index (χ3v) is 4.15. The van der Waals surface area contributed by atoms with Crippen LogP contribution in [-0.4, -0.2) is 65.0 Å². The molecule has 27 heavy (non-hydrogen) atoms. The average Bonchev–Trinajstić information content (AvgIpc) is 2.54. The lowest BCUT2D eigenvalue weighted by Crippen LogP contribution is -2.58. The zero-order valence-electron chi connectivity index (χ0n) is 18.1. The highest BCUT2D eigenvalue weighted by atomic mass is 16.5. The second-order valence-corrected chi connectivity index (χ2v) is 8.35. The molecule has 0 radical (unpaired) electrons. The molecule has 2 amide bonds. The lowest BCUT2D eigenvalue weighted by molar-refractivity contribution is -0.126. The lowest BCUT2D eigenvalue weighted by Gasteiger charge is -2.32. The van der Waals surface area contributed by atoms with Crippen LogP contribution in [0.15, 0.2) is 0 Å². The van der Waals surface area contributed by atoms with Crippen LogP contribution in [-0.2, 0) is 23.8 Å². The van der Waals surface area contributed by atoms with Crippen LogP contribution in [0, 0.1) is 5.41 Å². The summed E-state index contributed by atoms with van der Waals surface area (Å²) in [5, 5.41) is 5.89. The summed E-state index contributed by atoms with van der Waals surface area (Å²) < 4.78 is 15.6. The number of nitrogens with one attached hydrogen (secondary N) is 2. The maximum atomic E-state index is 12.3. The highest BCUT2D eigenvalue weighted by molar-refractivity contribution is 5.77. The largest absolute Gasteiger partial charge is 0.382 e. The molecule has 2 N–H and O–H groups in total. The molecule has 0 saturated heterocycles. The van der Waals surface area contributed by atoms with Gasteiger partial charge in [0.1, 0.15) is 5.54 Å². The van der Waals surface area contributed by atoms with Crippen LogP contribution in [0.5, 0.6) is 0 Å². The maximum Gasteiger partial charge on any atom is 0.220 e. The maximum absolute atomic E-state index is 12.3. The molecule has 0 aromatic rings. The Morgan fingerprint density at radius 3 is 1.78 bits per heavy atom. The van der Waals surface area contributed by atoms with Crippen LogP contribution in [0.3, 0.4) is 0 Å². The second kappa shape index (κ2) is 13.9. The van der Waals surface area contributed by atoms with E-state index in [4.69, 9.17) is 14.2 Å². The first kappa shape index (κ1) is 25.8. The molecule has 160 valence electrons. The minimum absolute atomic E-state index is 0.0716. The van der Waals surface area contributed by atoms with Gasteiger partial charge >= 0.3 is 0 Å². The Hall–Kier alpha value is -1.18. The van der Waals surface area contributed by atoms with Crippen molar-refractivity contribution in [1.82, 2.24) is 10.6 Å². The van der Waals surface area contributed by atoms with Crippen molar-refractivity contribution in [2.75, 3.05) is 47.7 Å². The number of amides is 2. The van der Waals surface area contributed by atoms with E-state index in [1.165, 1.54) is 0 Å². The van der Waals surface area contributed by atoms with E-state index < -0.39 is 5.54 Å². The Balaban J connectivity index is 4.05. The molecule has 0 aromatic carbocycles. The van der Waals surface area contributed by atoms with Crippen LogP contribution < -0.4 is 10.6 Å². The zero-order chi connectivity index (χ0) is 20.8. The summed E-state index contributed by atoms with van der Waals surface area (Å²) >= 11 is 0. The molecular weight excluding hydrogens is 348 g/mol. The molecule has 0 aliphatic heterocycles. The van der Waals surface area contributed by atoms with Gasteiger partial charge in [-0.15, -0.1) is 0 Å². The van der Waals surface area contributed by atoms with E-state index in [0.29, 0.717) is 45.6 Å². The predicted molar refractivity (Wildman–Crippen MR) is 107 cm³/mol. The van der Waals surface area contributed by atoms with Crippen molar-refractivity contribution in [3.05, 3.63) is 0 Å². The fourth-order valence-electron chi connectivity index (χ4n) is 2.93. The Morgan fingerprint density at radius 1 is 0.778 bits per heavy atom. The molecule has 0 aliphatic carbocycles. The highest BCUT2D eigenvalue weighted by Crippen LogP contribution is 2.21. The average molecular weight is 389 g/mol. The van der Waals surface area contributed by atoms with Crippen LogP contribution in [0.25, 0.3) is 0 Å². The summed E-state index contributed by atoms with van der Waals surface area (Å²) in [4.78, 5) is 24.0. The molecule has 7 heteroatoms. The minimum atomic E-state index is -0.684. The quantitative estimate of drug-likeness (QED) is 0.420. The van der Waals surface area contributed by atoms with Crippen LogP contribution in [0.4, 0.5) is 0 Å². The van der Waals surface area contributed by atoms with E-state index in [1.807, 2.05) is 0 Å². The van der Waals surface area contributed by atoms with E-state index in [1.54, 1.807) is 21.3 Å². The number of ether oxygens (including phenoxy) is 3. The summed E-state index contributed by atoms with van der Waals surface area (Å²) in [5.74, 6) is 0.0145. The molecule has 0 spiro atoms. The van der Waals surface area contributed by atoms with Gasteiger partial charge in [-0.3, -0.25) is 9.59 Å². The number of rotatable bonds is 15. The third-order valence-electron chi connectivity index (χ3n) is 4.15. The fourth-order valence-corrected chi connectivity index (χ4v) is 2.93. The molecule has 0 aromatic heterocycles. The van der Waals surface area contributed by atoms with Crippen molar-refractivity contribution in [2.24, 2.45) is 5.41 Å². The Kier molecular flexibility index (Phi) is 13.3. The van der Waals surface area contributed by atoms with Gasteiger partial charge in [-0.1, -0.05) is 20.8 Å².